The van der Waals surface area contributed by atoms with Gasteiger partial charge in [0.1, 0.15) is 6.61 Å². The highest BCUT2D eigenvalue weighted by Crippen LogP contribution is 2.07. The zero-order valence-corrected chi connectivity index (χ0v) is 7.42. The van der Waals surface area contributed by atoms with Gasteiger partial charge in [-0.1, -0.05) is 12.7 Å². The zero-order chi connectivity index (χ0) is 8.91. The molecule has 0 aromatic rings. The summed E-state index contributed by atoms with van der Waals surface area (Å²) >= 11 is 0. The molecule has 0 saturated carbocycles. The molecule has 0 amide bonds. The maximum absolute atomic E-state index is 9.31. The van der Waals surface area contributed by atoms with Crippen molar-refractivity contribution in [2.45, 2.75) is 26.4 Å². The van der Waals surface area contributed by atoms with Crippen molar-refractivity contribution >= 4 is 0 Å². The standard InChI is InChI=1S/C9H16O2/c1-5-6-11-8(2)7-9(3,4)10/h5,7,10H,1,6H2,2-4H3. The second kappa shape index (κ2) is 4.19. The fourth-order valence-corrected chi connectivity index (χ4v) is 0.729. The van der Waals surface area contributed by atoms with Crippen molar-refractivity contribution in [1.29, 1.82) is 0 Å². The van der Waals surface area contributed by atoms with Crippen molar-refractivity contribution in [1.82, 2.24) is 0 Å². The van der Waals surface area contributed by atoms with Gasteiger partial charge in [0.2, 0.25) is 0 Å². The summed E-state index contributed by atoms with van der Waals surface area (Å²) in [7, 11) is 0. The Morgan fingerprint density at radius 1 is 1.64 bits per heavy atom. The summed E-state index contributed by atoms with van der Waals surface area (Å²) in [5.41, 5.74) is -0.800. The molecule has 0 radical (unpaired) electrons. The van der Waals surface area contributed by atoms with Crippen LogP contribution < -0.4 is 0 Å². The number of allylic oxidation sites excluding steroid dienone is 1. The first-order valence-corrected chi connectivity index (χ1v) is 3.61. The molecule has 64 valence electrons. The van der Waals surface area contributed by atoms with E-state index in [-0.39, 0.29) is 0 Å². The molecule has 0 heterocycles. The smallest absolute Gasteiger partial charge is 0.106 e. The lowest BCUT2D eigenvalue weighted by Gasteiger charge is -2.13. The summed E-state index contributed by atoms with van der Waals surface area (Å²) in [6.45, 7) is 9.21. The molecule has 0 rings (SSSR count). The van der Waals surface area contributed by atoms with E-state index in [2.05, 4.69) is 6.58 Å². The summed E-state index contributed by atoms with van der Waals surface area (Å²) in [6, 6.07) is 0. The maximum atomic E-state index is 9.31. The van der Waals surface area contributed by atoms with Crippen LogP contribution in [-0.2, 0) is 4.74 Å². The first-order valence-electron chi connectivity index (χ1n) is 3.61. The van der Waals surface area contributed by atoms with E-state index in [0.29, 0.717) is 6.61 Å². The molecular formula is C9H16O2. The minimum atomic E-state index is -0.800. The van der Waals surface area contributed by atoms with Crippen LogP contribution in [0.4, 0.5) is 0 Å². The van der Waals surface area contributed by atoms with E-state index in [9.17, 15) is 5.11 Å². The first-order chi connectivity index (χ1) is 4.95. The molecule has 0 unspecified atom stereocenters. The van der Waals surface area contributed by atoms with Crippen LogP contribution in [0, 0.1) is 0 Å². The van der Waals surface area contributed by atoms with Gasteiger partial charge in [-0.05, 0) is 26.8 Å². The van der Waals surface area contributed by atoms with Crippen LogP contribution in [0.1, 0.15) is 20.8 Å². The lowest BCUT2D eigenvalue weighted by atomic mass is 10.1. The summed E-state index contributed by atoms with van der Waals surface area (Å²) in [6.07, 6.45) is 3.33. The molecule has 0 bridgehead atoms. The third-order valence-corrected chi connectivity index (χ3v) is 0.985. The predicted molar refractivity (Wildman–Crippen MR) is 46.2 cm³/mol. The van der Waals surface area contributed by atoms with Crippen LogP contribution >= 0.6 is 0 Å². The van der Waals surface area contributed by atoms with Gasteiger partial charge in [-0.15, -0.1) is 0 Å². The Kier molecular flexibility index (Phi) is 3.90. The molecule has 0 aliphatic carbocycles. The Morgan fingerprint density at radius 3 is 2.55 bits per heavy atom. The van der Waals surface area contributed by atoms with Crippen molar-refractivity contribution in [3.8, 4) is 0 Å². The summed E-state index contributed by atoms with van der Waals surface area (Å²) in [5, 5.41) is 9.31. The van der Waals surface area contributed by atoms with Crippen LogP contribution in [0.15, 0.2) is 24.5 Å². The van der Waals surface area contributed by atoms with Gasteiger partial charge in [0.25, 0.3) is 0 Å². The van der Waals surface area contributed by atoms with Crippen LogP contribution in [0.25, 0.3) is 0 Å². The van der Waals surface area contributed by atoms with Crippen molar-refractivity contribution in [3.05, 3.63) is 24.5 Å². The normalized spacial score (nSPS) is 12.9. The molecule has 2 heteroatoms. The second-order valence-corrected chi connectivity index (χ2v) is 3.01. The largest absolute Gasteiger partial charge is 0.494 e. The number of hydrogen-bond acceptors (Lipinski definition) is 2. The lowest BCUT2D eigenvalue weighted by molar-refractivity contribution is 0.124. The third kappa shape index (κ3) is 7.13. The third-order valence-electron chi connectivity index (χ3n) is 0.985. The van der Waals surface area contributed by atoms with Crippen molar-refractivity contribution in [2.75, 3.05) is 6.61 Å². The number of rotatable bonds is 4. The van der Waals surface area contributed by atoms with Crippen LogP contribution in [-0.4, -0.2) is 17.3 Å². The molecule has 0 aromatic carbocycles. The highest BCUT2D eigenvalue weighted by molar-refractivity contribution is 5.00. The molecule has 11 heavy (non-hydrogen) atoms. The fraction of sp³-hybridized carbons (Fsp3) is 0.556. The Hall–Kier alpha value is -0.760. The molecule has 2 nitrogen and oxygen atoms in total. The van der Waals surface area contributed by atoms with Gasteiger partial charge in [-0.25, -0.2) is 0 Å². The molecular weight excluding hydrogens is 140 g/mol. The topological polar surface area (TPSA) is 29.5 Å². The van der Waals surface area contributed by atoms with E-state index >= 15 is 0 Å². The average Bonchev–Trinajstić information content (AvgIpc) is 1.79. The highest BCUT2D eigenvalue weighted by atomic mass is 16.5. The zero-order valence-electron chi connectivity index (χ0n) is 7.42. The summed E-state index contributed by atoms with van der Waals surface area (Å²) < 4.78 is 5.15. The van der Waals surface area contributed by atoms with Gasteiger partial charge in [-0.3, -0.25) is 0 Å². The highest BCUT2D eigenvalue weighted by Gasteiger charge is 2.08. The van der Waals surface area contributed by atoms with Crippen molar-refractivity contribution in [2.24, 2.45) is 0 Å². The minimum Gasteiger partial charge on any atom is -0.494 e. The second-order valence-electron chi connectivity index (χ2n) is 3.01. The van der Waals surface area contributed by atoms with E-state index in [1.807, 2.05) is 6.92 Å². The minimum absolute atomic E-state index is 0.485. The van der Waals surface area contributed by atoms with Crippen LogP contribution in [0.5, 0.6) is 0 Å². The van der Waals surface area contributed by atoms with Gasteiger partial charge < -0.3 is 9.84 Å². The van der Waals surface area contributed by atoms with Crippen molar-refractivity contribution < 1.29 is 9.84 Å². The summed E-state index contributed by atoms with van der Waals surface area (Å²) in [5.74, 6) is 0.720. The van der Waals surface area contributed by atoms with E-state index < -0.39 is 5.60 Å². The van der Waals surface area contributed by atoms with Crippen molar-refractivity contribution in [3.63, 3.8) is 0 Å². The maximum Gasteiger partial charge on any atom is 0.106 e. The molecule has 0 fully saturated rings. The number of ether oxygens (including phenoxy) is 1. The van der Waals surface area contributed by atoms with Gasteiger partial charge in [-0.2, -0.15) is 0 Å². The van der Waals surface area contributed by atoms with Gasteiger partial charge in [0.05, 0.1) is 11.4 Å². The van der Waals surface area contributed by atoms with Crippen LogP contribution in [0.3, 0.4) is 0 Å². The van der Waals surface area contributed by atoms with Gasteiger partial charge in [0.15, 0.2) is 0 Å². The molecule has 0 saturated heterocycles. The summed E-state index contributed by atoms with van der Waals surface area (Å²) in [4.78, 5) is 0. The van der Waals surface area contributed by atoms with E-state index in [4.69, 9.17) is 4.74 Å². The molecule has 0 atom stereocenters. The van der Waals surface area contributed by atoms with E-state index in [1.165, 1.54) is 0 Å². The SMILES string of the molecule is C=CCOC(C)=CC(C)(C)O. The molecule has 0 aliphatic heterocycles. The Bertz CT molecular complexity index is 151. The number of hydrogen-bond donors (Lipinski definition) is 1. The molecule has 1 N–H and O–H groups in total. The quantitative estimate of drug-likeness (QED) is 0.497. The Labute approximate surface area is 68.2 Å². The molecule has 0 aromatic heterocycles. The predicted octanol–water partition coefficient (Wildman–Crippen LogP) is 1.86. The molecule has 0 spiro atoms. The first kappa shape index (κ1) is 10.2. The fourth-order valence-electron chi connectivity index (χ4n) is 0.729. The Balaban J connectivity index is 3.90. The Morgan fingerprint density at radius 2 is 2.18 bits per heavy atom. The lowest BCUT2D eigenvalue weighted by Crippen LogP contribution is -2.15. The number of aliphatic hydroxyl groups is 1. The van der Waals surface area contributed by atoms with E-state index in [0.717, 1.165) is 5.76 Å². The van der Waals surface area contributed by atoms with Crippen LogP contribution in [0.2, 0.25) is 0 Å². The monoisotopic (exact) mass is 156 g/mol. The van der Waals surface area contributed by atoms with Gasteiger partial charge >= 0.3 is 0 Å². The average molecular weight is 156 g/mol. The molecule has 0 aliphatic rings. The van der Waals surface area contributed by atoms with E-state index in [1.54, 1.807) is 26.0 Å². The van der Waals surface area contributed by atoms with Gasteiger partial charge in [0, 0.05) is 0 Å².